The quantitative estimate of drug-likeness (QED) is 0.661. The van der Waals surface area contributed by atoms with Crippen molar-refractivity contribution >= 4 is 17.4 Å². The second-order valence-corrected chi connectivity index (χ2v) is 3.55. The molecule has 1 N–H and O–H groups in total. The number of carbonyl (C=O) groups excluding carboxylic acids is 1. The predicted molar refractivity (Wildman–Crippen MR) is 62.3 cm³/mol. The van der Waals surface area contributed by atoms with Gasteiger partial charge in [-0.2, -0.15) is 0 Å². The van der Waals surface area contributed by atoms with Crippen LogP contribution in [0.5, 0.6) is 0 Å². The van der Waals surface area contributed by atoms with Crippen LogP contribution in [-0.4, -0.2) is 16.0 Å². The van der Waals surface area contributed by atoms with E-state index >= 15 is 0 Å². The zero-order valence-electron chi connectivity index (χ0n) is 9.41. The summed E-state index contributed by atoms with van der Waals surface area (Å²) in [4.78, 5) is 22.0. The number of hydrogen-bond acceptors (Lipinski definition) is 5. The highest BCUT2D eigenvalue weighted by Gasteiger charge is 2.19. The van der Waals surface area contributed by atoms with Gasteiger partial charge in [-0.3, -0.25) is 14.9 Å². The van der Waals surface area contributed by atoms with Gasteiger partial charge in [-0.1, -0.05) is 17.3 Å². The number of carbonyl (C=O) groups is 1. The van der Waals surface area contributed by atoms with Gasteiger partial charge in [-0.25, -0.2) is 0 Å². The number of para-hydroxylation sites is 1. The van der Waals surface area contributed by atoms with Crippen molar-refractivity contribution in [2.45, 2.75) is 6.92 Å². The molecule has 2 rings (SSSR count). The average molecular weight is 247 g/mol. The Morgan fingerprint density at radius 3 is 2.78 bits per heavy atom. The lowest BCUT2D eigenvalue weighted by Crippen LogP contribution is -2.13. The van der Waals surface area contributed by atoms with Crippen molar-refractivity contribution in [1.82, 2.24) is 5.16 Å². The van der Waals surface area contributed by atoms with Crippen molar-refractivity contribution in [3.63, 3.8) is 0 Å². The maximum atomic E-state index is 11.9. The molecule has 18 heavy (non-hydrogen) atoms. The molecule has 1 heterocycles. The standard InChI is InChI=1S/C11H9N3O4/c1-7-6-10(13-18-7)12-11(15)8-4-2-3-5-9(8)14(16)17/h2-6H,1H3,(H,12,13,15). The maximum absolute atomic E-state index is 11.9. The molecule has 0 atom stereocenters. The fourth-order valence-corrected chi connectivity index (χ4v) is 1.43. The van der Waals surface area contributed by atoms with Crippen LogP contribution in [0.15, 0.2) is 34.9 Å². The minimum Gasteiger partial charge on any atom is -0.360 e. The van der Waals surface area contributed by atoms with Gasteiger partial charge >= 0.3 is 0 Å². The van der Waals surface area contributed by atoms with Crippen molar-refractivity contribution < 1.29 is 14.2 Å². The highest BCUT2D eigenvalue weighted by atomic mass is 16.6. The van der Waals surface area contributed by atoms with Crippen molar-refractivity contribution in [3.8, 4) is 0 Å². The molecule has 0 unspecified atom stereocenters. The highest BCUT2D eigenvalue weighted by molar-refractivity contribution is 6.06. The SMILES string of the molecule is Cc1cc(NC(=O)c2ccccc2[N+](=O)[O-])no1. The van der Waals surface area contributed by atoms with Crippen molar-refractivity contribution in [2.24, 2.45) is 0 Å². The number of nitro benzene ring substituents is 1. The number of hydrogen-bond donors (Lipinski definition) is 1. The third-order valence-corrected chi connectivity index (χ3v) is 2.21. The van der Waals surface area contributed by atoms with Gasteiger partial charge in [0.2, 0.25) is 0 Å². The molecule has 0 saturated carbocycles. The van der Waals surface area contributed by atoms with E-state index in [0.29, 0.717) is 5.76 Å². The van der Waals surface area contributed by atoms with Gasteiger partial charge in [0.15, 0.2) is 5.82 Å². The van der Waals surface area contributed by atoms with E-state index in [2.05, 4.69) is 10.5 Å². The Hall–Kier alpha value is -2.70. The van der Waals surface area contributed by atoms with Gasteiger partial charge < -0.3 is 9.84 Å². The van der Waals surface area contributed by atoms with E-state index < -0.39 is 10.8 Å². The van der Waals surface area contributed by atoms with Crippen LogP contribution in [0.25, 0.3) is 0 Å². The van der Waals surface area contributed by atoms with Gasteiger partial charge in [0.05, 0.1) is 4.92 Å². The fourth-order valence-electron chi connectivity index (χ4n) is 1.43. The van der Waals surface area contributed by atoms with E-state index in [1.54, 1.807) is 13.0 Å². The lowest BCUT2D eigenvalue weighted by atomic mass is 10.1. The van der Waals surface area contributed by atoms with Crippen molar-refractivity contribution in [3.05, 3.63) is 51.8 Å². The molecule has 0 fully saturated rings. The van der Waals surface area contributed by atoms with E-state index in [1.165, 1.54) is 24.3 Å². The Morgan fingerprint density at radius 2 is 2.17 bits per heavy atom. The van der Waals surface area contributed by atoms with Crippen LogP contribution in [0, 0.1) is 17.0 Å². The molecular weight excluding hydrogens is 238 g/mol. The van der Waals surface area contributed by atoms with Crippen molar-refractivity contribution in [2.75, 3.05) is 5.32 Å². The summed E-state index contributed by atoms with van der Waals surface area (Å²) in [5, 5.41) is 16.8. The Morgan fingerprint density at radius 1 is 1.44 bits per heavy atom. The summed E-state index contributed by atoms with van der Waals surface area (Å²) in [6.07, 6.45) is 0. The zero-order valence-corrected chi connectivity index (χ0v) is 9.41. The summed E-state index contributed by atoms with van der Waals surface area (Å²) in [5.74, 6) is 0.152. The molecule has 0 aliphatic carbocycles. The summed E-state index contributed by atoms with van der Waals surface area (Å²) < 4.78 is 4.78. The molecule has 0 bridgehead atoms. The second kappa shape index (κ2) is 4.66. The van der Waals surface area contributed by atoms with Crippen LogP contribution in [0.3, 0.4) is 0 Å². The minimum atomic E-state index is -0.608. The molecule has 1 aromatic carbocycles. The van der Waals surface area contributed by atoms with Crippen LogP contribution in [0.4, 0.5) is 11.5 Å². The number of nitrogens with one attached hydrogen (secondary N) is 1. The van der Waals surface area contributed by atoms with Crippen LogP contribution < -0.4 is 5.32 Å². The smallest absolute Gasteiger partial charge is 0.282 e. The molecule has 0 radical (unpaired) electrons. The summed E-state index contributed by atoms with van der Waals surface area (Å²) >= 11 is 0. The number of benzene rings is 1. The van der Waals surface area contributed by atoms with Crippen molar-refractivity contribution in [1.29, 1.82) is 0 Å². The lowest BCUT2D eigenvalue weighted by Gasteiger charge is -2.01. The lowest BCUT2D eigenvalue weighted by molar-refractivity contribution is -0.385. The molecule has 7 heteroatoms. The number of aryl methyl sites for hydroxylation is 1. The number of anilines is 1. The largest absolute Gasteiger partial charge is 0.360 e. The number of amides is 1. The summed E-state index contributed by atoms with van der Waals surface area (Å²) in [7, 11) is 0. The van der Waals surface area contributed by atoms with Gasteiger partial charge in [0.1, 0.15) is 11.3 Å². The first kappa shape index (κ1) is 11.8. The van der Waals surface area contributed by atoms with E-state index in [9.17, 15) is 14.9 Å². The average Bonchev–Trinajstić information content (AvgIpc) is 2.74. The fraction of sp³-hybridized carbons (Fsp3) is 0.0909. The van der Waals surface area contributed by atoms with E-state index in [4.69, 9.17) is 4.52 Å². The minimum absolute atomic E-state index is 0.0249. The van der Waals surface area contributed by atoms with Crippen LogP contribution in [-0.2, 0) is 0 Å². The molecule has 1 amide bonds. The van der Waals surface area contributed by atoms with Gasteiger partial charge in [0.25, 0.3) is 11.6 Å². The first-order valence-corrected chi connectivity index (χ1v) is 5.06. The first-order chi connectivity index (χ1) is 8.58. The van der Waals surface area contributed by atoms with Crippen LogP contribution in [0.1, 0.15) is 16.1 Å². The highest BCUT2D eigenvalue weighted by Crippen LogP contribution is 2.19. The normalized spacial score (nSPS) is 10.1. The van der Waals surface area contributed by atoms with E-state index in [0.717, 1.165) is 0 Å². The molecule has 0 aliphatic rings. The van der Waals surface area contributed by atoms with Crippen LogP contribution in [0.2, 0.25) is 0 Å². The molecule has 0 spiro atoms. The molecule has 2 aromatic rings. The van der Waals surface area contributed by atoms with Crippen LogP contribution >= 0.6 is 0 Å². The monoisotopic (exact) mass is 247 g/mol. The number of rotatable bonds is 3. The number of aromatic nitrogens is 1. The third-order valence-electron chi connectivity index (χ3n) is 2.21. The van der Waals surface area contributed by atoms with Gasteiger partial charge in [-0.05, 0) is 13.0 Å². The summed E-state index contributed by atoms with van der Waals surface area (Å²) in [6.45, 7) is 1.67. The summed E-state index contributed by atoms with van der Waals surface area (Å²) in [5.41, 5.74) is -0.279. The molecule has 92 valence electrons. The molecule has 1 aromatic heterocycles. The second-order valence-electron chi connectivity index (χ2n) is 3.55. The maximum Gasteiger partial charge on any atom is 0.282 e. The van der Waals surface area contributed by atoms with Gasteiger partial charge in [-0.15, -0.1) is 0 Å². The Bertz CT molecular complexity index is 606. The topological polar surface area (TPSA) is 98.3 Å². The molecular formula is C11H9N3O4. The Labute approximate surface area is 102 Å². The van der Waals surface area contributed by atoms with E-state index in [-0.39, 0.29) is 17.1 Å². The summed E-state index contributed by atoms with van der Waals surface area (Å²) in [6, 6.07) is 7.21. The van der Waals surface area contributed by atoms with E-state index in [1.807, 2.05) is 0 Å². The Balaban J connectivity index is 2.26. The third kappa shape index (κ3) is 2.34. The molecule has 0 aliphatic heterocycles. The Kier molecular flexibility index (Phi) is 3.05. The molecule has 7 nitrogen and oxygen atoms in total. The molecule has 0 saturated heterocycles. The number of nitro groups is 1. The number of nitrogens with zero attached hydrogens (tertiary/aromatic N) is 2. The van der Waals surface area contributed by atoms with Gasteiger partial charge in [0, 0.05) is 12.1 Å². The zero-order chi connectivity index (χ0) is 13.1. The predicted octanol–water partition coefficient (Wildman–Crippen LogP) is 2.14. The first-order valence-electron chi connectivity index (χ1n) is 5.06.